The molecule has 1 fully saturated rings. The minimum Gasteiger partial charge on any atom is -0.313 e. The van der Waals surface area contributed by atoms with Crippen LogP contribution in [0.25, 0.3) is 0 Å². The zero-order valence-electron chi connectivity index (χ0n) is 10.2. The molecule has 0 radical (unpaired) electrons. The second-order valence-corrected chi connectivity index (χ2v) is 6.46. The Hall–Kier alpha value is 0.0700. The molecule has 0 aromatic carbocycles. The first-order chi connectivity index (χ1) is 7.09. The van der Waals surface area contributed by atoms with Crippen molar-refractivity contribution in [1.29, 1.82) is 0 Å². The van der Waals surface area contributed by atoms with Crippen LogP contribution in [0.3, 0.4) is 0 Å². The molecule has 0 amide bonds. The van der Waals surface area contributed by atoms with Gasteiger partial charge in [-0.1, -0.05) is 6.92 Å². The monoisotopic (exact) mass is 232 g/mol. The third-order valence-corrected chi connectivity index (χ3v) is 4.54. The van der Waals surface area contributed by atoms with E-state index in [1.807, 2.05) is 0 Å². The van der Waals surface area contributed by atoms with Crippen LogP contribution in [0.5, 0.6) is 0 Å². The molecule has 0 bridgehead atoms. The van der Waals surface area contributed by atoms with Crippen molar-refractivity contribution in [2.45, 2.75) is 37.5 Å². The van der Waals surface area contributed by atoms with Crippen molar-refractivity contribution in [1.82, 2.24) is 10.2 Å². The molecule has 1 rings (SSSR count). The second-order valence-electron chi connectivity index (χ2n) is 4.65. The largest absolute Gasteiger partial charge is 0.313 e. The summed E-state index contributed by atoms with van der Waals surface area (Å²) >= 11 is 0. The van der Waals surface area contributed by atoms with Crippen molar-refractivity contribution < 1.29 is 4.21 Å². The van der Waals surface area contributed by atoms with Crippen molar-refractivity contribution in [3.05, 3.63) is 0 Å². The molecule has 4 heteroatoms. The van der Waals surface area contributed by atoms with Gasteiger partial charge >= 0.3 is 0 Å². The summed E-state index contributed by atoms with van der Waals surface area (Å²) in [5, 5.41) is 3.88. The van der Waals surface area contributed by atoms with Crippen LogP contribution in [0.15, 0.2) is 0 Å². The lowest BCUT2D eigenvalue weighted by Crippen LogP contribution is -2.44. The van der Waals surface area contributed by atoms with E-state index >= 15 is 0 Å². The zero-order valence-corrected chi connectivity index (χ0v) is 11.0. The van der Waals surface area contributed by atoms with E-state index in [0.29, 0.717) is 11.3 Å². The third-order valence-electron chi connectivity index (χ3n) is 3.17. The highest BCUT2D eigenvalue weighted by atomic mass is 32.2. The molecule has 3 atom stereocenters. The van der Waals surface area contributed by atoms with Gasteiger partial charge in [0.1, 0.15) is 0 Å². The summed E-state index contributed by atoms with van der Waals surface area (Å²) in [5.74, 6) is 0. The van der Waals surface area contributed by atoms with Gasteiger partial charge in [-0.05, 0) is 39.4 Å². The number of piperidine rings is 1. The predicted octanol–water partition coefficient (Wildman–Crippen LogP) is 0.827. The molecule has 0 saturated carbocycles. The lowest BCUT2D eigenvalue weighted by molar-refractivity contribution is 0.227. The van der Waals surface area contributed by atoms with Gasteiger partial charge in [0.15, 0.2) is 0 Å². The van der Waals surface area contributed by atoms with Gasteiger partial charge in [0, 0.05) is 34.9 Å². The molecule has 0 aromatic heterocycles. The Morgan fingerprint density at radius 2 is 2.33 bits per heavy atom. The van der Waals surface area contributed by atoms with Crippen LogP contribution in [-0.2, 0) is 10.8 Å². The van der Waals surface area contributed by atoms with Gasteiger partial charge in [0.05, 0.1) is 0 Å². The topological polar surface area (TPSA) is 32.3 Å². The van der Waals surface area contributed by atoms with Crippen molar-refractivity contribution >= 4 is 10.8 Å². The van der Waals surface area contributed by atoms with Gasteiger partial charge < -0.3 is 10.2 Å². The van der Waals surface area contributed by atoms with Crippen molar-refractivity contribution in [2.75, 3.05) is 32.9 Å². The van der Waals surface area contributed by atoms with Gasteiger partial charge in [-0.2, -0.15) is 0 Å². The Balaban J connectivity index is 2.11. The van der Waals surface area contributed by atoms with E-state index in [1.54, 1.807) is 6.26 Å². The first-order valence-electron chi connectivity index (χ1n) is 5.83. The molecule has 1 aliphatic heterocycles. The first kappa shape index (κ1) is 13.1. The predicted molar refractivity (Wildman–Crippen MR) is 66.7 cm³/mol. The average Bonchev–Trinajstić information content (AvgIpc) is 2.17. The minimum atomic E-state index is -0.674. The minimum absolute atomic E-state index is 0.318. The van der Waals surface area contributed by atoms with E-state index < -0.39 is 10.8 Å². The first-order valence-corrected chi connectivity index (χ1v) is 7.46. The molecule has 3 unspecified atom stereocenters. The van der Waals surface area contributed by atoms with Gasteiger partial charge in [-0.15, -0.1) is 0 Å². The van der Waals surface area contributed by atoms with Gasteiger partial charge in [0.2, 0.25) is 0 Å². The quantitative estimate of drug-likeness (QED) is 0.762. The highest BCUT2D eigenvalue weighted by molar-refractivity contribution is 7.84. The van der Waals surface area contributed by atoms with E-state index in [0.717, 1.165) is 19.5 Å². The fraction of sp³-hybridized carbons (Fsp3) is 1.00. The van der Waals surface area contributed by atoms with Crippen LogP contribution in [0.1, 0.15) is 26.2 Å². The summed E-state index contributed by atoms with van der Waals surface area (Å²) in [7, 11) is 1.50. The van der Waals surface area contributed by atoms with Crippen molar-refractivity contribution in [3.63, 3.8) is 0 Å². The fourth-order valence-corrected chi connectivity index (χ4v) is 2.44. The summed E-state index contributed by atoms with van der Waals surface area (Å²) in [6.45, 7) is 5.45. The van der Waals surface area contributed by atoms with Gasteiger partial charge in [0.25, 0.3) is 0 Å². The number of nitrogens with one attached hydrogen (secondary N) is 1. The molecule has 1 aliphatic rings. The average molecular weight is 232 g/mol. The summed E-state index contributed by atoms with van der Waals surface area (Å²) < 4.78 is 11.2. The molecule has 0 aliphatic carbocycles. The van der Waals surface area contributed by atoms with Crippen LogP contribution in [0.2, 0.25) is 0 Å². The van der Waals surface area contributed by atoms with E-state index in [9.17, 15) is 4.21 Å². The van der Waals surface area contributed by atoms with Crippen LogP contribution in [0.4, 0.5) is 0 Å². The van der Waals surface area contributed by atoms with Crippen LogP contribution in [-0.4, -0.2) is 53.3 Å². The molecule has 90 valence electrons. The molecule has 0 aromatic rings. The lowest BCUT2D eigenvalue weighted by Gasteiger charge is -2.30. The maximum absolute atomic E-state index is 11.2. The highest BCUT2D eigenvalue weighted by Crippen LogP contribution is 2.08. The summed E-state index contributed by atoms with van der Waals surface area (Å²) in [5.41, 5.74) is 0. The Morgan fingerprint density at radius 1 is 1.60 bits per heavy atom. The number of rotatable bonds is 5. The SMILES string of the molecule is CC(CCNC1CCCN(C)C1)S(C)=O. The molecule has 1 heterocycles. The van der Waals surface area contributed by atoms with Crippen LogP contribution < -0.4 is 5.32 Å². The number of likely N-dealkylation sites (tertiary alicyclic amines) is 1. The van der Waals surface area contributed by atoms with E-state index in [-0.39, 0.29) is 0 Å². The summed E-state index contributed by atoms with van der Waals surface area (Å²) in [4.78, 5) is 2.38. The van der Waals surface area contributed by atoms with E-state index in [4.69, 9.17) is 0 Å². The molecule has 0 spiro atoms. The van der Waals surface area contributed by atoms with E-state index in [1.165, 1.54) is 19.4 Å². The molecule has 1 N–H and O–H groups in total. The van der Waals surface area contributed by atoms with Crippen LogP contribution in [0, 0.1) is 0 Å². The standard InChI is InChI=1S/C11H24N2OS/c1-10(15(3)14)6-7-12-11-5-4-8-13(2)9-11/h10-12H,4-9H2,1-3H3. The number of hydrogen-bond acceptors (Lipinski definition) is 3. The normalized spacial score (nSPS) is 27.5. The zero-order chi connectivity index (χ0) is 11.3. The Morgan fingerprint density at radius 3 is 2.93 bits per heavy atom. The van der Waals surface area contributed by atoms with Gasteiger partial charge in [-0.25, -0.2) is 0 Å². The highest BCUT2D eigenvalue weighted by Gasteiger charge is 2.16. The van der Waals surface area contributed by atoms with Crippen LogP contribution >= 0.6 is 0 Å². The maximum atomic E-state index is 11.2. The second kappa shape index (κ2) is 6.61. The smallest absolute Gasteiger partial charge is 0.0329 e. The fourth-order valence-electron chi connectivity index (χ4n) is 1.99. The third kappa shape index (κ3) is 5.09. The van der Waals surface area contributed by atoms with Crippen molar-refractivity contribution in [3.8, 4) is 0 Å². The Kier molecular flexibility index (Phi) is 5.79. The molecule has 1 saturated heterocycles. The maximum Gasteiger partial charge on any atom is 0.0329 e. The van der Waals surface area contributed by atoms with E-state index in [2.05, 4.69) is 24.2 Å². The molecule has 15 heavy (non-hydrogen) atoms. The molecule has 3 nitrogen and oxygen atoms in total. The number of hydrogen-bond donors (Lipinski definition) is 1. The van der Waals surface area contributed by atoms with Gasteiger partial charge in [-0.3, -0.25) is 4.21 Å². The summed E-state index contributed by atoms with van der Waals surface area (Å²) in [6, 6.07) is 0.640. The number of nitrogens with zero attached hydrogens (tertiary/aromatic N) is 1. The number of likely N-dealkylation sites (N-methyl/N-ethyl adjacent to an activating group) is 1. The Labute approximate surface area is 96.1 Å². The summed E-state index contributed by atoms with van der Waals surface area (Å²) in [6.07, 6.45) is 5.39. The van der Waals surface area contributed by atoms with Crippen molar-refractivity contribution in [2.24, 2.45) is 0 Å². The molecular formula is C11H24N2OS. The molecular weight excluding hydrogens is 208 g/mol. The lowest BCUT2D eigenvalue weighted by atomic mass is 10.1. The Bertz CT molecular complexity index is 211.